The van der Waals surface area contributed by atoms with E-state index in [0.717, 1.165) is 28.3 Å². The van der Waals surface area contributed by atoms with Crippen molar-refractivity contribution in [2.24, 2.45) is 7.05 Å². The molecule has 0 aromatic carbocycles. The van der Waals surface area contributed by atoms with E-state index in [1.54, 1.807) is 18.3 Å². The van der Waals surface area contributed by atoms with Gasteiger partial charge in [0, 0.05) is 31.4 Å². The number of aromatic nitrogens is 7. The maximum atomic E-state index is 13.3. The number of halogens is 1. The Bertz CT molecular complexity index is 1210. The van der Waals surface area contributed by atoms with E-state index in [-0.39, 0.29) is 17.0 Å². The van der Waals surface area contributed by atoms with E-state index in [1.165, 1.54) is 4.68 Å². The summed E-state index contributed by atoms with van der Waals surface area (Å²) >= 11 is 5.89. The van der Waals surface area contributed by atoms with Crippen LogP contribution in [0.5, 0.6) is 0 Å². The monoisotopic (exact) mass is 396 g/mol. The number of fused-ring (bicyclic) bond motifs is 2. The molecule has 0 aliphatic carbocycles. The minimum absolute atomic E-state index is 0.0447. The van der Waals surface area contributed by atoms with Crippen LogP contribution >= 0.6 is 11.6 Å². The third-order valence-corrected chi connectivity index (χ3v) is 5.25. The van der Waals surface area contributed by atoms with Crippen LogP contribution < -0.4 is 0 Å². The number of H-pyrrole nitrogens is 1. The SMILES string of the molecule is Cc1cccc2cc(C3c4nc[nH]c4CCN3C(=O)c3nc(Cl)nn3C)nn12. The molecule has 9 nitrogen and oxygen atoms in total. The third-order valence-electron chi connectivity index (χ3n) is 5.09. The molecule has 1 aliphatic heterocycles. The molecule has 10 heteroatoms. The van der Waals surface area contributed by atoms with E-state index in [4.69, 9.17) is 16.7 Å². The lowest BCUT2D eigenvalue weighted by Crippen LogP contribution is -2.42. The second-order valence-electron chi connectivity index (χ2n) is 6.82. The molecule has 1 unspecified atom stereocenters. The van der Waals surface area contributed by atoms with E-state index in [9.17, 15) is 4.79 Å². The van der Waals surface area contributed by atoms with Crippen molar-refractivity contribution in [1.29, 1.82) is 0 Å². The predicted octanol–water partition coefficient (Wildman–Crippen LogP) is 1.94. The molecule has 142 valence electrons. The highest BCUT2D eigenvalue weighted by molar-refractivity contribution is 6.28. The number of carbonyl (C=O) groups is 1. The van der Waals surface area contributed by atoms with E-state index in [1.807, 2.05) is 35.7 Å². The number of nitrogens with one attached hydrogen (secondary N) is 1. The molecule has 0 saturated heterocycles. The van der Waals surface area contributed by atoms with Gasteiger partial charge >= 0.3 is 0 Å². The number of imidazole rings is 1. The molecule has 28 heavy (non-hydrogen) atoms. The van der Waals surface area contributed by atoms with Gasteiger partial charge in [-0.1, -0.05) is 6.07 Å². The van der Waals surface area contributed by atoms with Gasteiger partial charge in [-0.15, -0.1) is 5.10 Å². The first-order valence-corrected chi connectivity index (χ1v) is 9.25. The van der Waals surface area contributed by atoms with Crippen LogP contribution in [0.2, 0.25) is 5.28 Å². The highest BCUT2D eigenvalue weighted by atomic mass is 35.5. The fourth-order valence-electron chi connectivity index (χ4n) is 3.77. The summed E-state index contributed by atoms with van der Waals surface area (Å²) in [7, 11) is 1.65. The lowest BCUT2D eigenvalue weighted by Gasteiger charge is -2.33. The van der Waals surface area contributed by atoms with Crippen molar-refractivity contribution < 1.29 is 4.79 Å². The summed E-state index contributed by atoms with van der Waals surface area (Å²) in [6, 6.07) is 7.55. The molecule has 0 bridgehead atoms. The highest BCUT2D eigenvalue weighted by Crippen LogP contribution is 2.34. The van der Waals surface area contributed by atoms with Crippen molar-refractivity contribution >= 4 is 23.0 Å². The molecule has 0 fully saturated rings. The van der Waals surface area contributed by atoms with Gasteiger partial charge in [0.1, 0.15) is 6.04 Å². The molecule has 4 aromatic heterocycles. The Kier molecular flexibility index (Phi) is 3.73. The number of amides is 1. The van der Waals surface area contributed by atoms with Gasteiger partial charge in [-0.05, 0) is 36.7 Å². The lowest BCUT2D eigenvalue weighted by molar-refractivity contribution is 0.0669. The van der Waals surface area contributed by atoms with Gasteiger partial charge in [0.15, 0.2) is 0 Å². The van der Waals surface area contributed by atoms with E-state index in [0.29, 0.717) is 13.0 Å². The van der Waals surface area contributed by atoms with Gasteiger partial charge in [-0.3, -0.25) is 4.79 Å². The average molecular weight is 397 g/mol. The molecule has 0 saturated carbocycles. The van der Waals surface area contributed by atoms with Crippen LogP contribution in [0.4, 0.5) is 0 Å². The number of nitrogens with zero attached hydrogens (tertiary/aromatic N) is 7. The van der Waals surface area contributed by atoms with Gasteiger partial charge in [-0.25, -0.2) is 14.2 Å². The summed E-state index contributed by atoms with van der Waals surface area (Å²) in [5.74, 6) is -0.0664. The fraction of sp³-hybridized carbons (Fsp3) is 0.278. The van der Waals surface area contributed by atoms with E-state index in [2.05, 4.69) is 20.1 Å². The zero-order chi connectivity index (χ0) is 19.4. The first kappa shape index (κ1) is 16.9. The maximum absolute atomic E-state index is 13.3. The second-order valence-corrected chi connectivity index (χ2v) is 7.16. The van der Waals surface area contributed by atoms with Crippen LogP contribution in [-0.4, -0.2) is 51.7 Å². The number of rotatable bonds is 2. The molecule has 4 aromatic rings. The summed E-state index contributed by atoms with van der Waals surface area (Å²) in [5, 5.41) is 8.80. The Morgan fingerprint density at radius 1 is 1.32 bits per heavy atom. The fourth-order valence-corrected chi connectivity index (χ4v) is 3.96. The van der Waals surface area contributed by atoms with Crippen LogP contribution in [0.3, 0.4) is 0 Å². The van der Waals surface area contributed by atoms with Crippen molar-refractivity contribution in [1.82, 2.24) is 39.2 Å². The summed E-state index contributed by atoms with van der Waals surface area (Å²) in [4.78, 5) is 26.8. The van der Waals surface area contributed by atoms with Crippen LogP contribution in [0, 0.1) is 6.92 Å². The molecule has 5 rings (SSSR count). The summed E-state index contributed by atoms with van der Waals surface area (Å²) < 4.78 is 3.27. The number of carbonyl (C=O) groups excluding carboxylic acids is 1. The standard InChI is InChI=1S/C18H17ClN8O/c1-10-4-3-5-11-8-13(23-27(10)11)15-14-12(20-9-21-14)6-7-26(15)17(28)16-22-18(19)24-25(16)2/h3-5,8-9,15H,6-7H2,1-2H3,(H,20,21). The van der Waals surface area contributed by atoms with Gasteiger partial charge in [0.05, 0.1) is 23.2 Å². The van der Waals surface area contributed by atoms with E-state index >= 15 is 0 Å². The molecule has 0 radical (unpaired) electrons. The number of pyridine rings is 1. The van der Waals surface area contributed by atoms with Crippen molar-refractivity contribution in [3.63, 3.8) is 0 Å². The Balaban J connectivity index is 1.65. The first-order chi connectivity index (χ1) is 13.5. The topological polar surface area (TPSA) is 97.0 Å². The average Bonchev–Trinajstić information content (AvgIpc) is 3.38. The number of hydrogen-bond acceptors (Lipinski definition) is 5. The largest absolute Gasteiger partial charge is 0.348 e. The number of aromatic amines is 1. The van der Waals surface area contributed by atoms with Crippen LogP contribution in [0.1, 0.15) is 39.4 Å². The molecule has 1 aliphatic rings. The summed E-state index contributed by atoms with van der Waals surface area (Å²) in [6.45, 7) is 2.51. The molecule has 1 N–H and O–H groups in total. The number of aryl methyl sites for hydroxylation is 2. The Hall–Kier alpha value is -3.20. The van der Waals surface area contributed by atoms with Crippen LogP contribution in [-0.2, 0) is 13.5 Å². The Morgan fingerprint density at radius 3 is 2.93 bits per heavy atom. The summed E-state index contributed by atoms with van der Waals surface area (Å²) in [5.41, 5.74) is 4.54. The Labute approximate surface area is 165 Å². The van der Waals surface area contributed by atoms with Crippen LogP contribution in [0.15, 0.2) is 30.6 Å². The zero-order valence-electron chi connectivity index (χ0n) is 15.3. The third kappa shape index (κ3) is 2.50. The van der Waals surface area contributed by atoms with Gasteiger partial charge < -0.3 is 9.88 Å². The van der Waals surface area contributed by atoms with E-state index < -0.39 is 6.04 Å². The first-order valence-electron chi connectivity index (χ1n) is 8.88. The van der Waals surface area contributed by atoms with Crippen molar-refractivity contribution in [3.05, 3.63) is 64.5 Å². The molecular formula is C18H17ClN8O. The van der Waals surface area contributed by atoms with Gasteiger partial charge in [0.2, 0.25) is 11.1 Å². The van der Waals surface area contributed by atoms with Crippen molar-refractivity contribution in [3.8, 4) is 0 Å². The van der Waals surface area contributed by atoms with Gasteiger partial charge in [-0.2, -0.15) is 10.1 Å². The molecule has 5 heterocycles. The molecule has 0 spiro atoms. The highest BCUT2D eigenvalue weighted by Gasteiger charge is 2.37. The van der Waals surface area contributed by atoms with Crippen LogP contribution in [0.25, 0.3) is 5.52 Å². The zero-order valence-corrected chi connectivity index (χ0v) is 16.1. The lowest BCUT2D eigenvalue weighted by atomic mass is 9.99. The van der Waals surface area contributed by atoms with Crippen molar-refractivity contribution in [2.75, 3.05) is 6.54 Å². The molecular weight excluding hydrogens is 380 g/mol. The quantitative estimate of drug-likeness (QED) is 0.558. The molecule has 1 amide bonds. The Morgan fingerprint density at radius 2 is 2.18 bits per heavy atom. The second kappa shape index (κ2) is 6.16. The minimum atomic E-state index is -0.419. The smallest absolute Gasteiger partial charge is 0.292 e. The summed E-state index contributed by atoms with van der Waals surface area (Å²) in [6.07, 6.45) is 2.33. The van der Waals surface area contributed by atoms with Gasteiger partial charge in [0.25, 0.3) is 5.91 Å². The maximum Gasteiger partial charge on any atom is 0.292 e. The predicted molar refractivity (Wildman–Crippen MR) is 101 cm³/mol. The number of hydrogen-bond donors (Lipinski definition) is 1. The van der Waals surface area contributed by atoms with Crippen molar-refractivity contribution in [2.45, 2.75) is 19.4 Å². The normalized spacial score (nSPS) is 16.5. The molecule has 1 atom stereocenters. The minimum Gasteiger partial charge on any atom is -0.348 e.